The highest BCUT2D eigenvalue weighted by Crippen LogP contribution is 2.19. The number of hydrogen-bond acceptors (Lipinski definition) is 3. The molecule has 1 fully saturated rings. The van der Waals surface area contributed by atoms with Crippen LogP contribution >= 0.6 is 0 Å². The number of hydrogen-bond donors (Lipinski definition) is 0. The number of amides is 2. The van der Waals surface area contributed by atoms with Crippen molar-refractivity contribution in [1.82, 2.24) is 4.90 Å². The van der Waals surface area contributed by atoms with E-state index in [0.29, 0.717) is 18.6 Å². The van der Waals surface area contributed by atoms with Gasteiger partial charge in [-0.3, -0.25) is 4.79 Å². The van der Waals surface area contributed by atoms with E-state index < -0.39 is 35.5 Å². The first-order chi connectivity index (χ1) is 12.5. The van der Waals surface area contributed by atoms with E-state index in [-0.39, 0.29) is 12.2 Å². The van der Waals surface area contributed by atoms with Crippen LogP contribution in [0.2, 0.25) is 0 Å². The summed E-state index contributed by atoms with van der Waals surface area (Å²) in [7, 11) is 0. The molecule has 0 N–H and O–H groups in total. The Morgan fingerprint density at radius 2 is 1.81 bits per heavy atom. The quantitative estimate of drug-likeness (QED) is 0.616. The normalized spacial score (nSPS) is 17.0. The summed E-state index contributed by atoms with van der Waals surface area (Å²) in [6.07, 6.45) is 1.53. The highest BCUT2D eigenvalue weighted by molar-refractivity contribution is 6.02. The minimum absolute atomic E-state index is 0.0485. The molecule has 2 aromatic carbocycles. The van der Waals surface area contributed by atoms with E-state index in [2.05, 4.69) is 0 Å². The molecule has 1 heterocycles. The van der Waals surface area contributed by atoms with E-state index in [4.69, 9.17) is 4.74 Å². The van der Waals surface area contributed by atoms with Gasteiger partial charge in [-0.2, -0.15) is 0 Å². The first-order valence-corrected chi connectivity index (χ1v) is 7.82. The molecule has 0 saturated carbocycles. The van der Waals surface area contributed by atoms with Crippen LogP contribution in [-0.4, -0.2) is 29.5 Å². The number of nitrogens with zero attached hydrogens (tertiary/aromatic N) is 1. The summed E-state index contributed by atoms with van der Waals surface area (Å²) in [5.74, 6) is -4.30. The van der Waals surface area contributed by atoms with Crippen molar-refractivity contribution in [3.63, 3.8) is 0 Å². The molecule has 0 spiro atoms. The molecular weight excluding hydrogens is 347 g/mol. The lowest BCUT2D eigenvalue weighted by molar-refractivity contribution is -0.124. The van der Waals surface area contributed by atoms with Crippen LogP contribution in [0.1, 0.15) is 11.1 Å². The third-order valence-electron chi connectivity index (χ3n) is 3.96. The molecule has 7 heteroatoms. The largest absolute Gasteiger partial charge is 0.447 e. The topological polar surface area (TPSA) is 46.6 Å². The Morgan fingerprint density at radius 3 is 2.54 bits per heavy atom. The third kappa shape index (κ3) is 3.77. The van der Waals surface area contributed by atoms with Crippen LogP contribution in [-0.2, 0) is 16.0 Å². The van der Waals surface area contributed by atoms with Gasteiger partial charge in [0.25, 0.3) is 5.91 Å². The number of cyclic esters (lactones) is 1. The minimum Gasteiger partial charge on any atom is -0.447 e. The van der Waals surface area contributed by atoms with Crippen LogP contribution < -0.4 is 0 Å². The number of benzene rings is 2. The standard InChI is InChI=1S/C19H14F3NO3/c20-15-10-17(22)16(21)9-13(15)6-7-18(24)23-14(11-26-19(23)25)8-12-4-2-1-3-5-12/h1-7,9-10,14H,8,11H2/t14-/m0/s1. The molecule has 2 aromatic rings. The summed E-state index contributed by atoms with van der Waals surface area (Å²) in [5, 5.41) is 0. The fourth-order valence-corrected chi connectivity index (χ4v) is 2.67. The lowest BCUT2D eigenvalue weighted by Crippen LogP contribution is -2.39. The van der Waals surface area contributed by atoms with E-state index in [9.17, 15) is 22.8 Å². The highest BCUT2D eigenvalue weighted by atomic mass is 19.2. The predicted octanol–water partition coefficient (Wildman–Crippen LogP) is 3.71. The molecule has 2 amide bonds. The zero-order valence-electron chi connectivity index (χ0n) is 13.5. The predicted molar refractivity (Wildman–Crippen MR) is 87.5 cm³/mol. The van der Waals surface area contributed by atoms with Crippen LogP contribution in [0, 0.1) is 17.5 Å². The summed E-state index contributed by atoms with van der Waals surface area (Å²) in [4.78, 5) is 25.1. The van der Waals surface area contributed by atoms with Crippen molar-refractivity contribution in [3.8, 4) is 0 Å². The van der Waals surface area contributed by atoms with E-state index in [1.807, 2.05) is 30.3 Å². The van der Waals surface area contributed by atoms with Gasteiger partial charge in [-0.25, -0.2) is 22.9 Å². The van der Waals surface area contributed by atoms with Gasteiger partial charge < -0.3 is 4.74 Å². The molecule has 134 valence electrons. The van der Waals surface area contributed by atoms with Crippen LogP contribution in [0.25, 0.3) is 6.08 Å². The highest BCUT2D eigenvalue weighted by Gasteiger charge is 2.36. The van der Waals surface area contributed by atoms with Gasteiger partial charge in [0.15, 0.2) is 11.6 Å². The van der Waals surface area contributed by atoms with Crippen LogP contribution in [0.5, 0.6) is 0 Å². The Kier molecular flexibility index (Phi) is 5.06. The average molecular weight is 361 g/mol. The van der Waals surface area contributed by atoms with E-state index in [1.165, 1.54) is 0 Å². The minimum atomic E-state index is -1.32. The Balaban J connectivity index is 1.77. The maximum atomic E-state index is 13.6. The van der Waals surface area contributed by atoms with Crippen molar-refractivity contribution in [2.45, 2.75) is 12.5 Å². The lowest BCUT2D eigenvalue weighted by Gasteiger charge is -2.18. The molecular formula is C19H14F3NO3. The Labute approximate surface area is 147 Å². The molecule has 0 radical (unpaired) electrons. The van der Waals surface area contributed by atoms with Crippen LogP contribution in [0.4, 0.5) is 18.0 Å². The van der Waals surface area contributed by atoms with Crippen LogP contribution in [0.15, 0.2) is 48.5 Å². The average Bonchev–Trinajstić information content (AvgIpc) is 2.98. The molecule has 1 aliphatic heterocycles. The first-order valence-electron chi connectivity index (χ1n) is 7.82. The lowest BCUT2D eigenvalue weighted by atomic mass is 10.1. The summed E-state index contributed by atoms with van der Waals surface area (Å²) >= 11 is 0. The van der Waals surface area contributed by atoms with Crippen molar-refractivity contribution < 1.29 is 27.5 Å². The third-order valence-corrected chi connectivity index (χ3v) is 3.96. The molecule has 1 saturated heterocycles. The van der Waals surface area contributed by atoms with Gasteiger partial charge in [0.2, 0.25) is 0 Å². The summed E-state index contributed by atoms with van der Waals surface area (Å²) in [5.41, 5.74) is 0.619. The molecule has 0 bridgehead atoms. The van der Waals surface area contributed by atoms with Gasteiger partial charge in [0, 0.05) is 17.7 Å². The van der Waals surface area contributed by atoms with E-state index in [1.54, 1.807) is 0 Å². The number of halogens is 3. The van der Waals surface area contributed by atoms with Gasteiger partial charge in [-0.15, -0.1) is 0 Å². The van der Waals surface area contributed by atoms with Crippen molar-refractivity contribution >= 4 is 18.1 Å². The van der Waals surface area contributed by atoms with Gasteiger partial charge >= 0.3 is 6.09 Å². The molecule has 0 aromatic heterocycles. The fraction of sp³-hybridized carbons (Fsp3) is 0.158. The second-order valence-electron chi connectivity index (χ2n) is 5.75. The number of rotatable bonds is 4. The number of ether oxygens (including phenoxy) is 1. The Morgan fingerprint density at radius 1 is 1.12 bits per heavy atom. The summed E-state index contributed by atoms with van der Waals surface area (Å²) in [6.45, 7) is 0.0485. The molecule has 0 unspecified atom stereocenters. The van der Waals surface area contributed by atoms with Crippen molar-refractivity contribution in [3.05, 3.63) is 77.1 Å². The maximum Gasteiger partial charge on any atom is 0.417 e. The van der Waals surface area contributed by atoms with E-state index >= 15 is 0 Å². The number of imide groups is 1. The van der Waals surface area contributed by atoms with Crippen molar-refractivity contribution in [2.24, 2.45) is 0 Å². The molecule has 0 aliphatic carbocycles. The first kappa shape index (κ1) is 17.7. The second kappa shape index (κ2) is 7.43. The van der Waals surface area contributed by atoms with Gasteiger partial charge in [-0.1, -0.05) is 30.3 Å². The number of carbonyl (C=O) groups is 2. The summed E-state index contributed by atoms with van der Waals surface area (Å²) < 4.78 is 44.7. The van der Waals surface area contributed by atoms with Crippen molar-refractivity contribution in [1.29, 1.82) is 0 Å². The molecule has 4 nitrogen and oxygen atoms in total. The molecule has 1 atom stereocenters. The second-order valence-corrected chi connectivity index (χ2v) is 5.75. The summed E-state index contributed by atoms with van der Waals surface area (Å²) in [6, 6.07) is 9.77. The zero-order chi connectivity index (χ0) is 18.7. The fourth-order valence-electron chi connectivity index (χ4n) is 2.67. The Bertz CT molecular complexity index is 868. The smallest absolute Gasteiger partial charge is 0.417 e. The van der Waals surface area contributed by atoms with E-state index in [0.717, 1.165) is 22.6 Å². The number of carbonyl (C=O) groups excluding carboxylic acids is 2. The Hall–Kier alpha value is -3.09. The molecule has 26 heavy (non-hydrogen) atoms. The maximum absolute atomic E-state index is 13.6. The molecule has 1 aliphatic rings. The van der Waals surface area contributed by atoms with Crippen molar-refractivity contribution in [2.75, 3.05) is 6.61 Å². The van der Waals surface area contributed by atoms with Gasteiger partial charge in [0.1, 0.15) is 12.4 Å². The van der Waals surface area contributed by atoms with Gasteiger partial charge in [-0.05, 0) is 24.1 Å². The molecule has 3 rings (SSSR count). The SMILES string of the molecule is O=C(C=Cc1cc(F)c(F)cc1F)N1C(=O)OC[C@@H]1Cc1ccccc1. The van der Waals surface area contributed by atoms with Crippen LogP contribution in [0.3, 0.4) is 0 Å². The zero-order valence-corrected chi connectivity index (χ0v) is 13.5. The monoisotopic (exact) mass is 361 g/mol. The van der Waals surface area contributed by atoms with Gasteiger partial charge in [0.05, 0.1) is 6.04 Å².